The van der Waals surface area contributed by atoms with Gasteiger partial charge in [-0.1, -0.05) is 18.2 Å². The second-order valence-electron chi connectivity index (χ2n) is 11.4. The summed E-state index contributed by atoms with van der Waals surface area (Å²) in [6.45, 7) is 12.0. The Morgan fingerprint density at radius 2 is 1.73 bits per heavy atom. The van der Waals surface area contributed by atoms with E-state index in [2.05, 4.69) is 20.5 Å². The van der Waals surface area contributed by atoms with Gasteiger partial charge in [-0.3, -0.25) is 9.69 Å². The average Bonchev–Trinajstić information content (AvgIpc) is 3.30. The number of anilines is 1. The zero-order valence-electron chi connectivity index (χ0n) is 24.8. The number of ether oxygens (including phenoxy) is 3. The molecule has 0 unspecified atom stereocenters. The van der Waals surface area contributed by atoms with Crippen molar-refractivity contribution >= 4 is 29.6 Å². The van der Waals surface area contributed by atoms with Gasteiger partial charge in [0, 0.05) is 37.9 Å². The first-order chi connectivity index (χ1) is 19.3. The molecule has 222 valence electrons. The zero-order chi connectivity index (χ0) is 30.2. The van der Waals surface area contributed by atoms with Crippen molar-refractivity contribution in [2.75, 3.05) is 31.6 Å². The average molecular weight is 569 g/mol. The van der Waals surface area contributed by atoms with E-state index in [-0.39, 0.29) is 19.1 Å². The Morgan fingerprint density at radius 3 is 2.41 bits per heavy atom. The molecule has 12 nitrogen and oxygen atoms in total. The second-order valence-corrected chi connectivity index (χ2v) is 11.4. The SMILES string of the molecule is COC(=O)CCNCc1cccc(-c2cnn3ccc(N(CCNC(=O)OC(C)(C)C)C(=O)OC(C)(C)C)nc23)c1. The van der Waals surface area contributed by atoms with Crippen LogP contribution in [0.3, 0.4) is 0 Å². The molecule has 0 saturated heterocycles. The molecule has 0 fully saturated rings. The third-order valence-corrected chi connectivity index (χ3v) is 5.55. The lowest BCUT2D eigenvalue weighted by Crippen LogP contribution is -2.43. The molecule has 41 heavy (non-hydrogen) atoms. The first-order valence-electron chi connectivity index (χ1n) is 13.4. The van der Waals surface area contributed by atoms with E-state index in [4.69, 9.17) is 14.5 Å². The van der Waals surface area contributed by atoms with E-state index < -0.39 is 23.4 Å². The van der Waals surface area contributed by atoms with E-state index in [9.17, 15) is 14.4 Å². The molecular weight excluding hydrogens is 528 g/mol. The van der Waals surface area contributed by atoms with Crippen molar-refractivity contribution in [3.8, 4) is 11.1 Å². The molecule has 3 aromatic rings. The van der Waals surface area contributed by atoms with Crippen LogP contribution in [0, 0.1) is 0 Å². The predicted molar refractivity (Wildman–Crippen MR) is 155 cm³/mol. The summed E-state index contributed by atoms with van der Waals surface area (Å²) in [6, 6.07) is 9.58. The number of hydrogen-bond acceptors (Lipinski definition) is 9. The van der Waals surface area contributed by atoms with Crippen LogP contribution in [0.25, 0.3) is 16.8 Å². The maximum Gasteiger partial charge on any atom is 0.416 e. The Bertz CT molecular complexity index is 1360. The molecule has 0 saturated carbocycles. The molecule has 0 aliphatic carbocycles. The first kappa shape index (κ1) is 31.3. The molecule has 3 rings (SSSR count). The van der Waals surface area contributed by atoms with Crippen LogP contribution >= 0.6 is 0 Å². The Kier molecular flexibility index (Phi) is 10.3. The van der Waals surface area contributed by atoms with Crippen molar-refractivity contribution in [1.82, 2.24) is 25.2 Å². The first-order valence-corrected chi connectivity index (χ1v) is 13.4. The molecule has 0 aliphatic heterocycles. The molecular formula is C29H40N6O6. The van der Waals surface area contributed by atoms with Crippen LogP contribution in [0.1, 0.15) is 53.5 Å². The topological polar surface area (TPSA) is 136 Å². The monoisotopic (exact) mass is 568 g/mol. The zero-order valence-corrected chi connectivity index (χ0v) is 24.8. The predicted octanol–water partition coefficient (Wildman–Crippen LogP) is 4.32. The molecule has 0 radical (unpaired) electrons. The van der Waals surface area contributed by atoms with Crippen molar-refractivity contribution < 1.29 is 28.6 Å². The quantitative estimate of drug-likeness (QED) is 0.208. The van der Waals surface area contributed by atoms with E-state index in [1.54, 1.807) is 64.5 Å². The number of carbonyl (C=O) groups excluding carboxylic acids is 3. The van der Waals surface area contributed by atoms with Gasteiger partial charge in [0.1, 0.15) is 17.0 Å². The van der Waals surface area contributed by atoms with Gasteiger partial charge in [-0.2, -0.15) is 5.10 Å². The summed E-state index contributed by atoms with van der Waals surface area (Å²) in [5.74, 6) is 0.0839. The normalized spacial score (nSPS) is 11.7. The van der Waals surface area contributed by atoms with Gasteiger partial charge in [0.2, 0.25) is 0 Å². The Hall–Kier alpha value is -4.19. The van der Waals surface area contributed by atoms with E-state index in [1.807, 2.05) is 24.3 Å². The highest BCUT2D eigenvalue weighted by atomic mass is 16.6. The van der Waals surface area contributed by atoms with Crippen LogP contribution in [0.2, 0.25) is 0 Å². The number of fused-ring (bicyclic) bond motifs is 1. The lowest BCUT2D eigenvalue weighted by atomic mass is 10.1. The summed E-state index contributed by atoms with van der Waals surface area (Å²) >= 11 is 0. The number of rotatable bonds is 10. The maximum atomic E-state index is 13.2. The van der Waals surface area contributed by atoms with E-state index in [1.165, 1.54) is 12.0 Å². The number of amides is 2. The summed E-state index contributed by atoms with van der Waals surface area (Å²) in [6.07, 6.45) is 2.55. The number of methoxy groups -OCH3 is 1. The Labute approximate surface area is 240 Å². The molecule has 0 aliphatic rings. The van der Waals surface area contributed by atoms with Crippen molar-refractivity contribution in [3.63, 3.8) is 0 Å². The molecule has 2 N–H and O–H groups in total. The number of benzene rings is 1. The molecule has 0 spiro atoms. The summed E-state index contributed by atoms with van der Waals surface area (Å²) in [7, 11) is 1.37. The standard InChI is InChI=1S/C29H40N6O6/c1-28(2,3)40-26(37)31-14-16-34(27(38)41-29(4,5)6)23-12-15-35-25(33-23)22(19-32-35)21-10-8-9-20(17-21)18-30-13-11-24(36)39-7/h8-10,12,15,17,19,30H,11,13-14,16,18H2,1-7H3,(H,31,37). The van der Waals surface area contributed by atoms with Crippen molar-refractivity contribution in [1.29, 1.82) is 0 Å². The Balaban J connectivity index is 1.83. The molecule has 2 heterocycles. The van der Waals surface area contributed by atoms with E-state index in [0.29, 0.717) is 31.0 Å². The summed E-state index contributed by atoms with van der Waals surface area (Å²) in [4.78, 5) is 42.8. The second kappa shape index (κ2) is 13.4. The minimum Gasteiger partial charge on any atom is -0.469 e. The van der Waals surface area contributed by atoms with Crippen molar-refractivity contribution in [2.45, 2.75) is 65.7 Å². The van der Waals surface area contributed by atoms with Gasteiger partial charge in [-0.15, -0.1) is 0 Å². The van der Waals surface area contributed by atoms with E-state index in [0.717, 1.165) is 16.7 Å². The van der Waals surface area contributed by atoms with Gasteiger partial charge >= 0.3 is 18.2 Å². The molecule has 2 amide bonds. The summed E-state index contributed by atoms with van der Waals surface area (Å²) in [5, 5.41) is 10.3. The van der Waals surface area contributed by atoms with Crippen molar-refractivity contribution in [2.24, 2.45) is 0 Å². The number of alkyl carbamates (subject to hydrolysis) is 1. The summed E-state index contributed by atoms with van der Waals surface area (Å²) in [5.41, 5.74) is 1.87. The van der Waals surface area contributed by atoms with Gasteiger partial charge in [0.15, 0.2) is 5.65 Å². The van der Waals surface area contributed by atoms with Gasteiger partial charge < -0.3 is 24.8 Å². The lowest BCUT2D eigenvalue weighted by molar-refractivity contribution is -0.140. The third kappa shape index (κ3) is 9.75. The largest absolute Gasteiger partial charge is 0.469 e. The number of hydrogen-bond donors (Lipinski definition) is 2. The third-order valence-electron chi connectivity index (χ3n) is 5.55. The molecule has 12 heteroatoms. The fraction of sp³-hybridized carbons (Fsp3) is 0.483. The molecule has 2 aromatic heterocycles. The maximum absolute atomic E-state index is 13.2. The minimum absolute atomic E-state index is 0.105. The minimum atomic E-state index is -0.731. The molecule has 0 atom stereocenters. The molecule has 1 aromatic carbocycles. The van der Waals surface area contributed by atoms with E-state index >= 15 is 0 Å². The van der Waals surface area contributed by atoms with Gasteiger partial charge in [0.05, 0.1) is 19.7 Å². The highest BCUT2D eigenvalue weighted by Gasteiger charge is 2.25. The highest BCUT2D eigenvalue weighted by Crippen LogP contribution is 2.26. The van der Waals surface area contributed by atoms with Gasteiger partial charge in [-0.05, 0) is 64.8 Å². The van der Waals surface area contributed by atoms with Crippen LogP contribution in [0.5, 0.6) is 0 Å². The molecule has 0 bridgehead atoms. The fourth-order valence-electron chi connectivity index (χ4n) is 3.79. The van der Waals surface area contributed by atoms with Crippen LogP contribution in [-0.2, 0) is 25.5 Å². The number of aromatic nitrogens is 3. The highest BCUT2D eigenvalue weighted by molar-refractivity contribution is 5.88. The fourth-order valence-corrected chi connectivity index (χ4v) is 3.79. The van der Waals surface area contributed by atoms with Crippen LogP contribution < -0.4 is 15.5 Å². The number of carbonyl (C=O) groups is 3. The van der Waals surface area contributed by atoms with Gasteiger partial charge in [-0.25, -0.2) is 19.1 Å². The van der Waals surface area contributed by atoms with Crippen molar-refractivity contribution in [3.05, 3.63) is 48.3 Å². The smallest absolute Gasteiger partial charge is 0.416 e. The number of esters is 1. The number of nitrogens with one attached hydrogen (secondary N) is 2. The van der Waals surface area contributed by atoms with Crippen LogP contribution in [0.4, 0.5) is 15.4 Å². The lowest BCUT2D eigenvalue weighted by Gasteiger charge is -2.27. The van der Waals surface area contributed by atoms with Crippen LogP contribution in [0.15, 0.2) is 42.7 Å². The number of nitrogens with zero attached hydrogens (tertiary/aromatic N) is 4. The summed E-state index contributed by atoms with van der Waals surface area (Å²) < 4.78 is 17.2. The van der Waals surface area contributed by atoms with Crippen LogP contribution in [-0.4, -0.2) is 70.7 Å². The Morgan fingerprint density at radius 1 is 1.00 bits per heavy atom. The van der Waals surface area contributed by atoms with Gasteiger partial charge in [0.25, 0.3) is 0 Å².